The summed E-state index contributed by atoms with van der Waals surface area (Å²) in [6.07, 6.45) is 6.93. The van der Waals surface area contributed by atoms with Gasteiger partial charge in [0.05, 0.1) is 17.4 Å². The molecule has 1 aliphatic carbocycles. The summed E-state index contributed by atoms with van der Waals surface area (Å²) < 4.78 is 6.66. The fraction of sp³-hybridized carbons (Fsp3) is 0.0488. The number of allylic oxidation sites excluding steroid dienone is 2. The number of hydrogen-bond acceptors (Lipinski definition) is 5. The zero-order chi connectivity index (χ0) is 30.5. The van der Waals surface area contributed by atoms with Gasteiger partial charge >= 0.3 is 0 Å². The Balaban J connectivity index is 1.28. The second kappa shape index (κ2) is 10.8. The van der Waals surface area contributed by atoms with Crippen LogP contribution in [0.15, 0.2) is 162 Å². The molecule has 0 saturated heterocycles. The molecule has 5 aromatic carbocycles. The number of anilines is 2. The molecule has 46 heavy (non-hydrogen) atoms. The molecule has 0 N–H and O–H groups in total. The van der Waals surface area contributed by atoms with Gasteiger partial charge in [0.2, 0.25) is 5.89 Å². The Kier molecular flexibility index (Phi) is 6.20. The van der Waals surface area contributed by atoms with Crippen LogP contribution < -0.4 is 4.90 Å². The lowest BCUT2D eigenvalue weighted by molar-refractivity contribution is 0.619. The van der Waals surface area contributed by atoms with Crippen molar-refractivity contribution >= 4 is 28.2 Å². The molecule has 0 radical (unpaired) electrons. The van der Waals surface area contributed by atoms with E-state index in [0.717, 1.165) is 45.0 Å². The summed E-state index contributed by atoms with van der Waals surface area (Å²) in [5.41, 5.74) is 9.97. The number of benzene rings is 5. The highest BCUT2D eigenvalue weighted by atomic mass is 16.3. The van der Waals surface area contributed by atoms with Gasteiger partial charge in [-0.15, -0.1) is 0 Å². The Morgan fingerprint density at radius 3 is 1.91 bits per heavy atom. The van der Waals surface area contributed by atoms with E-state index in [1.807, 2.05) is 66.7 Å². The van der Waals surface area contributed by atoms with Crippen LogP contribution in [-0.4, -0.2) is 21.0 Å². The largest absolute Gasteiger partial charge is 0.434 e. The van der Waals surface area contributed by atoms with Gasteiger partial charge in [0.25, 0.3) is 0 Å². The average Bonchev–Trinajstić information content (AvgIpc) is 3.72. The van der Waals surface area contributed by atoms with Crippen molar-refractivity contribution in [3.8, 4) is 34.1 Å². The highest BCUT2D eigenvalue weighted by Crippen LogP contribution is 2.52. The summed E-state index contributed by atoms with van der Waals surface area (Å²) in [7, 11) is 0. The minimum Gasteiger partial charge on any atom is -0.434 e. The van der Waals surface area contributed by atoms with Gasteiger partial charge in [-0.3, -0.25) is 0 Å². The first kappa shape index (κ1) is 26.3. The maximum absolute atomic E-state index is 6.66. The molecule has 2 aromatic heterocycles. The SMILES string of the molecule is C1=CC2C(C=C1c1ccccc1)c1ccc3nc(-c4ccccc4)oc3c1N2c1cc(-c2ccccc2)nc(-c2ccccc2)n1. The zero-order valence-electron chi connectivity index (χ0n) is 24.9. The van der Waals surface area contributed by atoms with E-state index in [2.05, 4.69) is 95.9 Å². The van der Waals surface area contributed by atoms with Crippen molar-refractivity contribution in [2.75, 3.05) is 4.90 Å². The van der Waals surface area contributed by atoms with Crippen molar-refractivity contribution in [1.82, 2.24) is 15.0 Å². The third kappa shape index (κ3) is 4.44. The number of aromatic nitrogens is 3. The van der Waals surface area contributed by atoms with E-state index in [9.17, 15) is 0 Å². The molecule has 3 heterocycles. The number of rotatable bonds is 5. The monoisotopic (exact) mass is 592 g/mol. The summed E-state index contributed by atoms with van der Waals surface area (Å²) in [5.74, 6) is 2.18. The van der Waals surface area contributed by atoms with Gasteiger partial charge < -0.3 is 9.32 Å². The standard InChI is InChI=1S/C41H28N4O/c1-5-13-27(14-6-1)31-21-24-36-33(25-31)32-22-23-34-39(46-41(43-34)30-19-11-4-12-20-30)38(32)45(36)37-26-35(28-15-7-2-8-16-28)42-40(44-37)29-17-9-3-10-18-29/h1-26,33,36H. The third-order valence-corrected chi connectivity index (χ3v) is 8.85. The predicted molar refractivity (Wildman–Crippen MR) is 185 cm³/mol. The number of nitrogens with zero attached hydrogens (tertiary/aromatic N) is 4. The minimum atomic E-state index is -0.0134. The molecule has 0 fully saturated rings. The molecule has 2 atom stereocenters. The molecule has 1 aliphatic heterocycles. The molecule has 7 aromatic rings. The van der Waals surface area contributed by atoms with Crippen LogP contribution in [0.5, 0.6) is 0 Å². The van der Waals surface area contributed by atoms with Crippen LogP contribution in [0.2, 0.25) is 0 Å². The first-order valence-corrected chi connectivity index (χ1v) is 15.5. The Labute approximate surface area is 266 Å². The van der Waals surface area contributed by atoms with E-state index in [4.69, 9.17) is 19.4 Å². The van der Waals surface area contributed by atoms with Crippen molar-refractivity contribution in [3.05, 3.63) is 169 Å². The molecule has 9 rings (SSSR count). The van der Waals surface area contributed by atoms with Crippen molar-refractivity contribution in [3.63, 3.8) is 0 Å². The van der Waals surface area contributed by atoms with Gasteiger partial charge in [-0.05, 0) is 34.9 Å². The molecule has 0 saturated carbocycles. The lowest BCUT2D eigenvalue weighted by Gasteiger charge is -2.29. The van der Waals surface area contributed by atoms with Crippen LogP contribution in [0.25, 0.3) is 50.8 Å². The molecule has 0 spiro atoms. The minimum absolute atomic E-state index is 0.0134. The van der Waals surface area contributed by atoms with Gasteiger partial charge in [-0.1, -0.05) is 133 Å². The summed E-state index contributed by atoms with van der Waals surface area (Å²) in [4.78, 5) is 17.6. The number of oxazole rings is 1. The van der Waals surface area contributed by atoms with Crippen LogP contribution in [0.1, 0.15) is 17.0 Å². The lowest BCUT2D eigenvalue weighted by atomic mass is 9.86. The molecular formula is C41H28N4O. The van der Waals surface area contributed by atoms with Gasteiger partial charge in [-0.2, -0.15) is 0 Å². The highest BCUT2D eigenvalue weighted by Gasteiger charge is 2.42. The van der Waals surface area contributed by atoms with E-state index in [1.165, 1.54) is 16.7 Å². The quantitative estimate of drug-likeness (QED) is 0.199. The lowest BCUT2D eigenvalue weighted by Crippen LogP contribution is -2.30. The van der Waals surface area contributed by atoms with Crippen molar-refractivity contribution in [1.29, 1.82) is 0 Å². The number of fused-ring (bicyclic) bond motifs is 5. The smallest absolute Gasteiger partial charge is 0.227 e. The zero-order valence-corrected chi connectivity index (χ0v) is 24.9. The first-order chi connectivity index (χ1) is 22.8. The Hall–Kier alpha value is -6.07. The fourth-order valence-electron chi connectivity index (χ4n) is 6.68. The molecular weight excluding hydrogens is 564 g/mol. The topological polar surface area (TPSA) is 55.1 Å². The Morgan fingerprint density at radius 2 is 1.22 bits per heavy atom. The average molecular weight is 593 g/mol. The van der Waals surface area contributed by atoms with Crippen LogP contribution in [0.3, 0.4) is 0 Å². The predicted octanol–water partition coefficient (Wildman–Crippen LogP) is 9.88. The molecule has 0 amide bonds. The molecule has 2 unspecified atom stereocenters. The Bertz CT molecular complexity index is 2200. The fourth-order valence-corrected chi connectivity index (χ4v) is 6.68. The summed E-state index contributed by atoms with van der Waals surface area (Å²) >= 11 is 0. The Morgan fingerprint density at radius 1 is 0.587 bits per heavy atom. The summed E-state index contributed by atoms with van der Waals surface area (Å²) in [6.45, 7) is 0. The van der Waals surface area contributed by atoms with Crippen LogP contribution in [0, 0.1) is 0 Å². The first-order valence-electron chi connectivity index (χ1n) is 15.5. The molecule has 5 heteroatoms. The van der Waals surface area contributed by atoms with E-state index in [0.29, 0.717) is 11.7 Å². The van der Waals surface area contributed by atoms with Gasteiger partial charge in [0.15, 0.2) is 11.4 Å². The van der Waals surface area contributed by atoms with Crippen molar-refractivity contribution in [2.24, 2.45) is 0 Å². The van der Waals surface area contributed by atoms with E-state index >= 15 is 0 Å². The highest BCUT2D eigenvalue weighted by molar-refractivity contribution is 5.97. The summed E-state index contributed by atoms with van der Waals surface area (Å²) in [5, 5.41) is 0. The van der Waals surface area contributed by atoms with Gasteiger partial charge in [0, 0.05) is 28.7 Å². The third-order valence-electron chi connectivity index (χ3n) is 8.85. The number of hydrogen-bond donors (Lipinski definition) is 0. The van der Waals surface area contributed by atoms with E-state index in [-0.39, 0.29) is 12.0 Å². The normalized spacial score (nSPS) is 16.7. The second-order valence-corrected chi connectivity index (χ2v) is 11.6. The summed E-state index contributed by atoms with van der Waals surface area (Å²) in [6, 6.07) is 47.5. The maximum Gasteiger partial charge on any atom is 0.227 e. The van der Waals surface area contributed by atoms with Gasteiger partial charge in [-0.25, -0.2) is 15.0 Å². The second-order valence-electron chi connectivity index (χ2n) is 11.6. The molecule has 218 valence electrons. The van der Waals surface area contributed by atoms with Gasteiger partial charge in [0.1, 0.15) is 11.3 Å². The van der Waals surface area contributed by atoms with Crippen LogP contribution >= 0.6 is 0 Å². The van der Waals surface area contributed by atoms with Crippen LogP contribution in [-0.2, 0) is 0 Å². The molecule has 0 bridgehead atoms. The van der Waals surface area contributed by atoms with E-state index < -0.39 is 0 Å². The van der Waals surface area contributed by atoms with Crippen molar-refractivity contribution in [2.45, 2.75) is 12.0 Å². The van der Waals surface area contributed by atoms with Crippen molar-refractivity contribution < 1.29 is 4.42 Å². The van der Waals surface area contributed by atoms with Crippen LogP contribution in [0.4, 0.5) is 11.5 Å². The molecule has 5 nitrogen and oxygen atoms in total. The van der Waals surface area contributed by atoms with E-state index in [1.54, 1.807) is 0 Å². The maximum atomic E-state index is 6.66. The molecule has 2 aliphatic rings.